The first-order valence-electron chi connectivity index (χ1n) is 6.27. The number of benzene rings is 2. The largest absolute Gasteiger partial charge is 0.255 e. The Hall–Kier alpha value is -1.49. The molecule has 1 N–H and O–H groups in total. The van der Waals surface area contributed by atoms with Crippen molar-refractivity contribution in [2.75, 3.05) is 5.75 Å². The average Bonchev–Trinajstić information content (AvgIpc) is 2.52. The number of hydrogen-bond acceptors (Lipinski definition) is 3. The van der Waals surface area contributed by atoms with E-state index in [1.807, 2.05) is 30.3 Å². The lowest BCUT2D eigenvalue weighted by atomic mass is 10.1. The Labute approximate surface area is 137 Å². The van der Waals surface area contributed by atoms with Gasteiger partial charge in [-0.15, -0.1) is 0 Å². The standard InChI is InChI=1S/C15H11Cl2N3S/c16-11-6-7-13(12(17)8-11)18-15-20-19-14(9-21-15)10-4-2-1-3-5-10/h1-8H,9H2,(H,18,20). The number of nitrogens with zero attached hydrogens (tertiary/aromatic N) is 2. The molecule has 2 aromatic carbocycles. The van der Waals surface area contributed by atoms with Gasteiger partial charge in [0.1, 0.15) is 0 Å². The van der Waals surface area contributed by atoms with Crippen LogP contribution in [0, 0.1) is 0 Å². The van der Waals surface area contributed by atoms with Gasteiger partial charge in [0.15, 0.2) is 5.17 Å². The van der Waals surface area contributed by atoms with Crippen LogP contribution in [0.3, 0.4) is 0 Å². The first kappa shape index (κ1) is 14.4. The number of thioether (sulfide) groups is 1. The number of amidine groups is 1. The number of rotatable bonds is 2. The normalized spacial score (nSPS) is 16.5. The monoisotopic (exact) mass is 335 g/mol. The van der Waals surface area contributed by atoms with E-state index >= 15 is 0 Å². The highest BCUT2D eigenvalue weighted by Crippen LogP contribution is 2.29. The van der Waals surface area contributed by atoms with Crippen LogP contribution in [0.15, 0.2) is 58.6 Å². The van der Waals surface area contributed by atoms with E-state index in [1.165, 1.54) is 0 Å². The van der Waals surface area contributed by atoms with Gasteiger partial charge in [0.2, 0.25) is 0 Å². The van der Waals surface area contributed by atoms with Crippen molar-refractivity contribution in [3.63, 3.8) is 0 Å². The molecule has 6 heteroatoms. The van der Waals surface area contributed by atoms with E-state index < -0.39 is 0 Å². The fourth-order valence-corrected chi connectivity index (χ4v) is 3.06. The SMILES string of the molecule is Clc1ccc(N=C2NN=C(c3ccccc3)CS2)c(Cl)c1. The topological polar surface area (TPSA) is 36.8 Å². The second-order valence-corrected chi connectivity index (χ2v) is 6.15. The minimum atomic E-state index is 0.523. The van der Waals surface area contributed by atoms with Gasteiger partial charge in [-0.3, -0.25) is 5.43 Å². The molecule has 1 aliphatic rings. The third-order valence-corrected chi connectivity index (χ3v) is 4.28. The predicted molar refractivity (Wildman–Crippen MR) is 92.1 cm³/mol. The van der Waals surface area contributed by atoms with E-state index in [0.29, 0.717) is 15.7 Å². The molecule has 0 atom stereocenters. The van der Waals surface area contributed by atoms with Crippen LogP contribution in [-0.2, 0) is 0 Å². The summed E-state index contributed by atoms with van der Waals surface area (Å²) in [5.41, 5.74) is 5.76. The Morgan fingerprint density at radius 3 is 2.57 bits per heavy atom. The third kappa shape index (κ3) is 3.59. The van der Waals surface area contributed by atoms with Gasteiger partial charge in [0.05, 0.1) is 16.4 Å². The Morgan fingerprint density at radius 1 is 1.10 bits per heavy atom. The number of nitrogens with one attached hydrogen (secondary N) is 1. The molecule has 3 rings (SSSR count). The molecule has 21 heavy (non-hydrogen) atoms. The smallest absolute Gasteiger partial charge is 0.182 e. The summed E-state index contributed by atoms with van der Waals surface area (Å²) in [7, 11) is 0. The molecule has 0 amide bonds. The van der Waals surface area contributed by atoms with Crippen molar-refractivity contribution >= 4 is 51.5 Å². The molecule has 0 unspecified atom stereocenters. The molecule has 0 aromatic heterocycles. The molecule has 2 aromatic rings. The molecule has 0 bridgehead atoms. The minimum Gasteiger partial charge on any atom is -0.255 e. The summed E-state index contributed by atoms with van der Waals surface area (Å²) in [6, 6.07) is 15.3. The van der Waals surface area contributed by atoms with Gasteiger partial charge in [0, 0.05) is 10.8 Å². The number of aliphatic imine (C=N–C) groups is 1. The van der Waals surface area contributed by atoms with Crippen LogP contribution in [0.4, 0.5) is 5.69 Å². The van der Waals surface area contributed by atoms with Crippen LogP contribution in [0.1, 0.15) is 5.56 Å². The van der Waals surface area contributed by atoms with Crippen molar-refractivity contribution in [2.45, 2.75) is 0 Å². The van der Waals surface area contributed by atoms with Crippen LogP contribution in [0.25, 0.3) is 0 Å². The van der Waals surface area contributed by atoms with Gasteiger partial charge in [-0.2, -0.15) is 5.10 Å². The van der Waals surface area contributed by atoms with E-state index in [9.17, 15) is 0 Å². The Morgan fingerprint density at radius 2 is 1.90 bits per heavy atom. The van der Waals surface area contributed by atoms with Crippen molar-refractivity contribution in [1.82, 2.24) is 5.43 Å². The summed E-state index contributed by atoms with van der Waals surface area (Å²) >= 11 is 13.6. The molecule has 0 fully saturated rings. The van der Waals surface area contributed by atoms with Crippen LogP contribution in [0.2, 0.25) is 10.0 Å². The van der Waals surface area contributed by atoms with E-state index in [1.54, 1.807) is 30.0 Å². The van der Waals surface area contributed by atoms with Crippen LogP contribution in [0.5, 0.6) is 0 Å². The molecular weight excluding hydrogens is 325 g/mol. The third-order valence-electron chi connectivity index (χ3n) is 2.87. The fraction of sp³-hybridized carbons (Fsp3) is 0.0667. The van der Waals surface area contributed by atoms with Crippen molar-refractivity contribution in [3.8, 4) is 0 Å². The lowest BCUT2D eigenvalue weighted by Gasteiger charge is -2.15. The first-order valence-corrected chi connectivity index (χ1v) is 8.01. The number of hydrazone groups is 1. The highest BCUT2D eigenvalue weighted by molar-refractivity contribution is 8.14. The number of halogens is 2. The highest BCUT2D eigenvalue weighted by Gasteiger charge is 2.13. The van der Waals surface area contributed by atoms with Gasteiger partial charge < -0.3 is 0 Å². The van der Waals surface area contributed by atoms with E-state index in [2.05, 4.69) is 15.5 Å². The Kier molecular flexibility index (Phi) is 4.48. The highest BCUT2D eigenvalue weighted by atomic mass is 35.5. The summed E-state index contributed by atoms with van der Waals surface area (Å²) < 4.78 is 0. The van der Waals surface area contributed by atoms with Crippen molar-refractivity contribution in [3.05, 3.63) is 64.1 Å². The van der Waals surface area contributed by atoms with E-state index in [0.717, 1.165) is 22.2 Å². The molecule has 1 heterocycles. The molecule has 0 saturated carbocycles. The molecular formula is C15H11Cl2N3S. The summed E-state index contributed by atoms with van der Waals surface area (Å²) in [4.78, 5) is 4.46. The maximum atomic E-state index is 6.11. The van der Waals surface area contributed by atoms with Crippen LogP contribution < -0.4 is 5.43 Å². The van der Waals surface area contributed by atoms with Crippen molar-refractivity contribution in [2.24, 2.45) is 10.1 Å². The minimum absolute atomic E-state index is 0.523. The zero-order valence-corrected chi connectivity index (χ0v) is 13.2. The Balaban J connectivity index is 1.79. The summed E-state index contributed by atoms with van der Waals surface area (Å²) in [5.74, 6) is 0.765. The molecule has 0 saturated heterocycles. The molecule has 0 aliphatic carbocycles. The molecule has 0 spiro atoms. The predicted octanol–water partition coefficient (Wildman–Crippen LogP) is 4.72. The zero-order chi connectivity index (χ0) is 14.7. The first-order chi connectivity index (χ1) is 10.2. The van der Waals surface area contributed by atoms with Gasteiger partial charge >= 0.3 is 0 Å². The summed E-state index contributed by atoms with van der Waals surface area (Å²) in [6.45, 7) is 0. The lowest BCUT2D eigenvalue weighted by molar-refractivity contribution is 1.03. The molecule has 0 radical (unpaired) electrons. The second kappa shape index (κ2) is 6.52. The number of hydrogen-bond donors (Lipinski definition) is 1. The maximum absolute atomic E-state index is 6.11. The van der Waals surface area contributed by atoms with Gasteiger partial charge in [0.25, 0.3) is 0 Å². The molecule has 1 aliphatic heterocycles. The van der Waals surface area contributed by atoms with Crippen molar-refractivity contribution < 1.29 is 0 Å². The van der Waals surface area contributed by atoms with Crippen molar-refractivity contribution in [1.29, 1.82) is 0 Å². The fourth-order valence-electron chi connectivity index (χ4n) is 1.83. The average molecular weight is 336 g/mol. The van der Waals surface area contributed by atoms with E-state index in [4.69, 9.17) is 23.2 Å². The zero-order valence-electron chi connectivity index (χ0n) is 10.9. The lowest BCUT2D eigenvalue weighted by Crippen LogP contribution is -2.25. The molecule has 3 nitrogen and oxygen atoms in total. The quantitative estimate of drug-likeness (QED) is 0.861. The van der Waals surface area contributed by atoms with Crippen LogP contribution in [-0.4, -0.2) is 16.6 Å². The van der Waals surface area contributed by atoms with Gasteiger partial charge in [-0.05, 0) is 23.8 Å². The molecule has 106 valence electrons. The maximum Gasteiger partial charge on any atom is 0.182 e. The second-order valence-electron chi connectivity index (χ2n) is 4.34. The summed E-state index contributed by atoms with van der Waals surface area (Å²) in [5, 5.41) is 6.21. The van der Waals surface area contributed by atoms with Crippen LogP contribution >= 0.6 is 35.0 Å². The van der Waals surface area contributed by atoms with Gasteiger partial charge in [-0.25, -0.2) is 4.99 Å². The van der Waals surface area contributed by atoms with E-state index in [-0.39, 0.29) is 0 Å². The van der Waals surface area contributed by atoms with Gasteiger partial charge in [-0.1, -0.05) is 65.3 Å². The Bertz CT molecular complexity index is 714. The summed E-state index contributed by atoms with van der Waals surface area (Å²) in [6.07, 6.45) is 0.